The second kappa shape index (κ2) is 7.14. The zero-order valence-electron chi connectivity index (χ0n) is 12.9. The molecule has 7 heteroatoms. The van der Waals surface area contributed by atoms with E-state index in [9.17, 15) is 9.00 Å². The third kappa shape index (κ3) is 3.92. The van der Waals surface area contributed by atoms with Crippen molar-refractivity contribution in [3.63, 3.8) is 0 Å². The van der Waals surface area contributed by atoms with Gasteiger partial charge >= 0.3 is 6.03 Å². The van der Waals surface area contributed by atoms with Gasteiger partial charge in [-0.1, -0.05) is 0 Å². The zero-order valence-corrected chi connectivity index (χ0v) is 14.5. The van der Waals surface area contributed by atoms with Gasteiger partial charge in [0.1, 0.15) is 0 Å². The van der Waals surface area contributed by atoms with E-state index in [1.165, 1.54) is 5.00 Å². The first-order chi connectivity index (χ1) is 11.1. The maximum atomic E-state index is 12.3. The summed E-state index contributed by atoms with van der Waals surface area (Å²) in [6.45, 7) is 3.12. The van der Waals surface area contributed by atoms with Gasteiger partial charge in [0, 0.05) is 53.8 Å². The number of thiophene rings is 1. The minimum absolute atomic E-state index is 0.0822. The highest BCUT2D eigenvalue weighted by Crippen LogP contribution is 2.22. The Kier molecular flexibility index (Phi) is 4.97. The second-order valence-electron chi connectivity index (χ2n) is 5.33. The SMILES string of the molecule is CS(=O)c1ccc(NC(=O)N2CCN(c3cccs3)CC2)cc1. The molecule has 0 radical (unpaired) electrons. The number of carbonyl (C=O) groups excluding carboxylic acids is 1. The Morgan fingerprint density at radius 2 is 1.83 bits per heavy atom. The van der Waals surface area contributed by atoms with Crippen LogP contribution in [-0.4, -0.2) is 47.6 Å². The average molecular weight is 349 g/mol. The highest BCUT2D eigenvalue weighted by molar-refractivity contribution is 7.84. The average Bonchev–Trinajstić information content (AvgIpc) is 3.10. The maximum Gasteiger partial charge on any atom is 0.321 e. The highest BCUT2D eigenvalue weighted by atomic mass is 32.2. The molecular weight excluding hydrogens is 330 g/mol. The number of piperazine rings is 1. The number of amides is 2. The van der Waals surface area contributed by atoms with E-state index in [0.29, 0.717) is 13.1 Å². The third-order valence-corrected chi connectivity index (χ3v) is 5.69. The number of benzene rings is 1. The fourth-order valence-electron chi connectivity index (χ4n) is 2.51. The van der Waals surface area contributed by atoms with Crippen molar-refractivity contribution < 1.29 is 9.00 Å². The quantitative estimate of drug-likeness (QED) is 0.927. The molecule has 3 rings (SSSR count). The number of nitrogens with one attached hydrogen (secondary N) is 1. The molecule has 1 aliphatic heterocycles. The van der Waals surface area contributed by atoms with E-state index in [4.69, 9.17) is 0 Å². The minimum atomic E-state index is -1.00. The largest absolute Gasteiger partial charge is 0.360 e. The Morgan fingerprint density at radius 1 is 1.13 bits per heavy atom. The topological polar surface area (TPSA) is 52.7 Å². The fraction of sp³-hybridized carbons (Fsp3) is 0.312. The molecule has 2 aromatic rings. The molecule has 5 nitrogen and oxygen atoms in total. The molecule has 1 atom stereocenters. The smallest absolute Gasteiger partial charge is 0.321 e. The Hall–Kier alpha value is -1.86. The van der Waals surface area contributed by atoms with Crippen molar-refractivity contribution in [2.45, 2.75) is 4.90 Å². The van der Waals surface area contributed by atoms with Crippen LogP contribution in [-0.2, 0) is 10.8 Å². The summed E-state index contributed by atoms with van der Waals surface area (Å²) in [6.07, 6.45) is 1.64. The number of nitrogens with zero attached hydrogens (tertiary/aromatic N) is 2. The summed E-state index contributed by atoms with van der Waals surface area (Å²) in [5.41, 5.74) is 0.727. The van der Waals surface area contributed by atoms with Crippen LogP contribution in [0.5, 0.6) is 0 Å². The third-order valence-electron chi connectivity index (χ3n) is 3.82. The number of rotatable bonds is 3. The predicted octanol–water partition coefficient (Wildman–Crippen LogP) is 2.84. The van der Waals surface area contributed by atoms with E-state index in [1.807, 2.05) is 11.0 Å². The molecule has 0 saturated carbocycles. The summed E-state index contributed by atoms with van der Waals surface area (Å²) in [7, 11) is -1.00. The van der Waals surface area contributed by atoms with Crippen molar-refractivity contribution in [1.29, 1.82) is 0 Å². The van der Waals surface area contributed by atoms with Gasteiger partial charge in [-0.25, -0.2) is 4.79 Å². The van der Waals surface area contributed by atoms with Crippen molar-refractivity contribution in [3.05, 3.63) is 41.8 Å². The Labute approximate surface area is 142 Å². The van der Waals surface area contributed by atoms with Crippen LogP contribution in [0.15, 0.2) is 46.7 Å². The Bertz CT molecular complexity index is 678. The van der Waals surface area contributed by atoms with Crippen LogP contribution in [0.25, 0.3) is 0 Å². The lowest BCUT2D eigenvalue weighted by atomic mass is 10.3. The van der Waals surface area contributed by atoms with Crippen molar-refractivity contribution >= 4 is 38.9 Å². The van der Waals surface area contributed by atoms with E-state index in [-0.39, 0.29) is 6.03 Å². The summed E-state index contributed by atoms with van der Waals surface area (Å²) >= 11 is 1.73. The minimum Gasteiger partial charge on any atom is -0.360 e. The lowest BCUT2D eigenvalue weighted by Crippen LogP contribution is -2.49. The van der Waals surface area contributed by atoms with Crippen LogP contribution in [0.2, 0.25) is 0 Å². The molecule has 23 heavy (non-hydrogen) atoms. The van der Waals surface area contributed by atoms with Crippen molar-refractivity contribution in [3.8, 4) is 0 Å². The van der Waals surface area contributed by atoms with Gasteiger partial charge in [-0.2, -0.15) is 0 Å². The van der Waals surface area contributed by atoms with Gasteiger partial charge < -0.3 is 15.1 Å². The van der Waals surface area contributed by atoms with Gasteiger partial charge in [0.15, 0.2) is 0 Å². The molecule has 1 aromatic heterocycles. The molecule has 1 aliphatic rings. The van der Waals surface area contributed by atoms with Gasteiger partial charge in [-0.05, 0) is 41.8 Å². The molecular formula is C16H19N3O2S2. The van der Waals surface area contributed by atoms with Crippen LogP contribution in [0.3, 0.4) is 0 Å². The van der Waals surface area contributed by atoms with Crippen LogP contribution in [0.1, 0.15) is 0 Å². The summed E-state index contributed by atoms with van der Waals surface area (Å²) in [5, 5.41) is 6.23. The second-order valence-corrected chi connectivity index (χ2v) is 7.64. The fourth-order valence-corrected chi connectivity index (χ4v) is 3.82. The zero-order chi connectivity index (χ0) is 16.2. The van der Waals surface area contributed by atoms with Gasteiger partial charge in [-0.15, -0.1) is 11.3 Å². The molecule has 0 bridgehead atoms. The number of anilines is 2. The normalized spacial score (nSPS) is 16.2. The van der Waals surface area contributed by atoms with Crippen molar-refractivity contribution in [1.82, 2.24) is 4.90 Å². The number of hydrogen-bond acceptors (Lipinski definition) is 4. The Morgan fingerprint density at radius 3 is 2.39 bits per heavy atom. The number of carbonyl (C=O) groups is 1. The molecule has 2 heterocycles. The molecule has 1 aromatic carbocycles. The van der Waals surface area contributed by atoms with Gasteiger partial charge in [-0.3, -0.25) is 4.21 Å². The number of urea groups is 1. The molecule has 122 valence electrons. The van der Waals surface area contributed by atoms with Crippen LogP contribution >= 0.6 is 11.3 Å². The highest BCUT2D eigenvalue weighted by Gasteiger charge is 2.21. The summed E-state index contributed by atoms with van der Waals surface area (Å²) in [6, 6.07) is 11.2. The van der Waals surface area contributed by atoms with Gasteiger partial charge in [0.05, 0.1) is 5.00 Å². The van der Waals surface area contributed by atoms with E-state index < -0.39 is 10.8 Å². The van der Waals surface area contributed by atoms with Crippen molar-refractivity contribution in [2.24, 2.45) is 0 Å². The molecule has 0 spiro atoms. The van der Waals surface area contributed by atoms with Crippen LogP contribution < -0.4 is 10.2 Å². The van der Waals surface area contributed by atoms with E-state index in [2.05, 4.69) is 21.7 Å². The first kappa shape index (κ1) is 16.0. The van der Waals surface area contributed by atoms with Crippen LogP contribution in [0, 0.1) is 0 Å². The lowest BCUT2D eigenvalue weighted by Gasteiger charge is -2.35. The maximum absolute atomic E-state index is 12.3. The van der Waals surface area contributed by atoms with Crippen molar-refractivity contribution in [2.75, 3.05) is 42.7 Å². The van der Waals surface area contributed by atoms with E-state index in [1.54, 1.807) is 41.9 Å². The molecule has 1 unspecified atom stereocenters. The molecule has 0 aliphatic carbocycles. The molecule has 1 N–H and O–H groups in total. The van der Waals surface area contributed by atoms with Gasteiger partial charge in [0.2, 0.25) is 0 Å². The molecule has 1 saturated heterocycles. The summed E-state index contributed by atoms with van der Waals surface area (Å²) in [4.78, 5) is 17.2. The van der Waals surface area contributed by atoms with E-state index >= 15 is 0 Å². The van der Waals surface area contributed by atoms with Gasteiger partial charge in [0.25, 0.3) is 0 Å². The summed E-state index contributed by atoms with van der Waals surface area (Å²) < 4.78 is 11.4. The molecule has 2 amide bonds. The first-order valence-electron chi connectivity index (χ1n) is 7.41. The lowest BCUT2D eigenvalue weighted by molar-refractivity contribution is 0.208. The summed E-state index contributed by atoms with van der Waals surface area (Å²) in [5.74, 6) is 0. The molecule has 1 fully saturated rings. The standard InChI is InChI=1S/C16H19N3O2S2/c1-23(21)14-6-4-13(5-7-14)17-16(20)19-10-8-18(9-11-19)15-3-2-12-22-15/h2-7,12H,8-11H2,1H3,(H,17,20). The number of hydrogen-bond donors (Lipinski definition) is 1. The van der Waals surface area contributed by atoms with Crippen LogP contribution in [0.4, 0.5) is 15.5 Å². The monoisotopic (exact) mass is 349 g/mol. The predicted molar refractivity (Wildman–Crippen MR) is 95.9 cm³/mol. The Balaban J connectivity index is 1.54. The first-order valence-corrected chi connectivity index (χ1v) is 9.85. The van der Waals surface area contributed by atoms with E-state index in [0.717, 1.165) is 23.7 Å².